The maximum atomic E-state index is 15.6. The number of hydrogen-bond acceptors (Lipinski definition) is 11. The zero-order valence-corrected chi connectivity index (χ0v) is 39.1. The van der Waals surface area contributed by atoms with Crippen LogP contribution in [0.15, 0.2) is 211 Å². The number of esters is 2. The number of aryl methyl sites for hydroxylation is 1. The van der Waals surface area contributed by atoms with Crippen LogP contribution in [0.5, 0.6) is 0 Å². The highest BCUT2D eigenvalue weighted by Gasteiger charge is 2.58. The Labute approximate surface area is 403 Å². The second kappa shape index (κ2) is 20.2. The van der Waals surface area contributed by atoms with Crippen molar-refractivity contribution >= 4 is 58.3 Å². The van der Waals surface area contributed by atoms with Gasteiger partial charge in [-0.2, -0.15) is 4.98 Å². The first-order chi connectivity index (χ1) is 33.6. The molecule has 14 heteroatoms. The molecule has 0 spiro atoms. The van der Waals surface area contributed by atoms with Gasteiger partial charge in [-0.15, -0.1) is 11.8 Å². The standard InChI is InChI=1S/C55H45N4O8PS/c1-38-56-50(57-67-38)49(65-39(2)60)48-51(61)58(53(48)69-55(42-23-11-4-12-24-42,43-25-13-5-14-26-43)44-27-15-6-16-28-44)37-68(45-29-17-7-18-30-45,46-31-19-8-20-32-46)47-35-33-41(34-36-47)54(62)66-52(59(63)64)40-21-9-3-10-22-40/h3-37,48-49,52-53H,1-2H3. The summed E-state index contributed by atoms with van der Waals surface area (Å²) in [4.78, 5) is 60.1. The zero-order chi connectivity index (χ0) is 48.0. The molecule has 0 aliphatic carbocycles. The van der Waals surface area contributed by atoms with E-state index in [1.165, 1.54) is 19.1 Å². The van der Waals surface area contributed by atoms with Crippen molar-refractivity contribution in [3.63, 3.8) is 0 Å². The van der Waals surface area contributed by atoms with E-state index in [4.69, 9.17) is 14.0 Å². The summed E-state index contributed by atoms with van der Waals surface area (Å²) < 4.78 is 16.0. The average molecular weight is 953 g/mol. The Kier molecular flexibility index (Phi) is 13.5. The van der Waals surface area contributed by atoms with E-state index in [1.54, 1.807) is 53.9 Å². The number of carbonyl (C=O) groups is 3. The van der Waals surface area contributed by atoms with Crippen LogP contribution in [0, 0.1) is 23.0 Å². The molecule has 7 aromatic carbocycles. The molecule has 1 amide bonds. The molecule has 344 valence electrons. The van der Waals surface area contributed by atoms with Gasteiger partial charge in [0.05, 0.1) is 26.2 Å². The summed E-state index contributed by atoms with van der Waals surface area (Å²) in [5.41, 5.74) is 3.18. The highest BCUT2D eigenvalue weighted by molar-refractivity contribution is 8.01. The first-order valence-electron chi connectivity index (χ1n) is 22.1. The van der Waals surface area contributed by atoms with Crippen LogP contribution >= 0.6 is 18.6 Å². The third-order valence-electron chi connectivity index (χ3n) is 12.0. The Bertz CT molecular complexity index is 2990. The van der Waals surface area contributed by atoms with Gasteiger partial charge in [0.25, 0.3) is 0 Å². The summed E-state index contributed by atoms with van der Waals surface area (Å²) in [6, 6.07) is 65.0. The van der Waals surface area contributed by atoms with Crippen molar-refractivity contribution in [2.45, 2.75) is 36.3 Å². The fraction of sp³-hybridized carbons (Fsp3) is 0.127. The van der Waals surface area contributed by atoms with Crippen molar-refractivity contribution in [3.05, 3.63) is 256 Å². The van der Waals surface area contributed by atoms with Crippen LogP contribution in [-0.2, 0) is 23.8 Å². The third kappa shape index (κ3) is 9.14. The number of aromatic nitrogens is 2. The van der Waals surface area contributed by atoms with Crippen LogP contribution in [0.2, 0.25) is 0 Å². The molecular weight excluding hydrogens is 908 g/mol. The number of β-lactam (4-membered cyclic amide) rings is 1. The van der Waals surface area contributed by atoms with Crippen LogP contribution in [0.1, 0.15) is 63.6 Å². The fourth-order valence-electron chi connectivity index (χ4n) is 8.85. The molecule has 0 radical (unpaired) electrons. The summed E-state index contributed by atoms with van der Waals surface area (Å²) in [7, 11) is 0. The number of thioether (sulfide) groups is 1. The lowest BCUT2D eigenvalue weighted by Crippen LogP contribution is -2.62. The van der Waals surface area contributed by atoms with E-state index in [9.17, 15) is 19.7 Å². The number of nitro groups is 1. The summed E-state index contributed by atoms with van der Waals surface area (Å²) in [5, 5.41) is 18.2. The van der Waals surface area contributed by atoms with Crippen molar-refractivity contribution in [3.8, 4) is 0 Å². The molecule has 1 aliphatic rings. The van der Waals surface area contributed by atoms with Crippen LogP contribution in [0.3, 0.4) is 0 Å². The summed E-state index contributed by atoms with van der Waals surface area (Å²) in [6.45, 7) is -0.152. The molecule has 4 atom stereocenters. The minimum absolute atomic E-state index is 0.0669. The van der Waals surface area contributed by atoms with Crippen molar-refractivity contribution in [2.24, 2.45) is 5.92 Å². The van der Waals surface area contributed by atoms with Gasteiger partial charge in [0, 0.05) is 19.8 Å². The zero-order valence-electron chi connectivity index (χ0n) is 37.4. The quantitative estimate of drug-likeness (QED) is 0.0173. The van der Waals surface area contributed by atoms with Crippen molar-refractivity contribution in [1.82, 2.24) is 15.0 Å². The second-order valence-electron chi connectivity index (χ2n) is 16.3. The maximum Gasteiger partial charge on any atom is 0.383 e. The van der Waals surface area contributed by atoms with E-state index in [0.717, 1.165) is 32.6 Å². The highest BCUT2D eigenvalue weighted by atomic mass is 32.2. The number of rotatable bonds is 16. The van der Waals surface area contributed by atoms with E-state index in [2.05, 4.69) is 46.5 Å². The number of likely N-dealkylation sites (tertiary alicyclic amines) is 1. The Morgan fingerprint density at radius 3 is 1.58 bits per heavy atom. The van der Waals surface area contributed by atoms with E-state index in [1.807, 2.05) is 133 Å². The number of hydrogen-bond donors (Lipinski definition) is 0. The van der Waals surface area contributed by atoms with Crippen LogP contribution < -0.4 is 15.9 Å². The van der Waals surface area contributed by atoms with E-state index in [0.29, 0.717) is 0 Å². The lowest BCUT2D eigenvalue weighted by molar-refractivity contribution is -0.574. The molecule has 1 aliphatic heterocycles. The molecule has 4 unspecified atom stereocenters. The van der Waals surface area contributed by atoms with Gasteiger partial charge in [-0.25, -0.2) is 4.79 Å². The summed E-state index contributed by atoms with van der Waals surface area (Å²) in [5.74, 6) is -0.504. The van der Waals surface area contributed by atoms with Crippen LogP contribution in [0.25, 0.3) is 0 Å². The predicted octanol–water partition coefficient (Wildman–Crippen LogP) is 9.38. The Hall–Kier alpha value is -7.86. The van der Waals surface area contributed by atoms with Gasteiger partial charge in [0.1, 0.15) is 5.92 Å². The third-order valence-corrected chi connectivity index (χ3v) is 17.8. The van der Waals surface area contributed by atoms with E-state index < -0.39 is 52.1 Å². The number of nitrogens with zero attached hydrogens (tertiary/aromatic N) is 4. The Morgan fingerprint density at radius 2 is 1.14 bits per heavy atom. The first kappa shape index (κ1) is 46.3. The molecule has 0 bridgehead atoms. The van der Waals surface area contributed by atoms with Gasteiger partial charge in [-0.1, -0.05) is 187 Å². The summed E-state index contributed by atoms with van der Waals surface area (Å²) in [6.07, 6.45) is -2.94. The lowest BCUT2D eigenvalue weighted by Gasteiger charge is -2.51. The first-order valence-corrected chi connectivity index (χ1v) is 24.8. The minimum atomic E-state index is -3.08. The number of carbonyl (C=O) groups excluding carboxylic acids is 3. The molecule has 12 nitrogen and oxygen atoms in total. The Morgan fingerprint density at radius 1 is 0.696 bits per heavy atom. The van der Waals surface area contributed by atoms with Gasteiger partial charge in [0.2, 0.25) is 17.6 Å². The molecule has 8 aromatic rings. The normalized spacial score (nSPS) is 15.6. The van der Waals surface area contributed by atoms with Gasteiger partial charge in [-0.3, -0.25) is 19.7 Å². The molecule has 2 heterocycles. The molecule has 9 rings (SSSR count). The molecule has 1 saturated heterocycles. The molecule has 0 saturated carbocycles. The topological polar surface area (TPSA) is 155 Å². The SMILES string of the molecule is CC(=O)OC(c1noc(C)n1)C1C(=O)N(C=P(c2ccccc2)(c2ccccc2)c2ccc(C(=O)OC(c3ccccc3)[N+](=O)[O-])cc2)C1SC(c1ccccc1)(c1ccccc1)c1ccccc1. The fourth-order valence-corrected chi connectivity index (χ4v) is 14.6. The Balaban J connectivity index is 1.27. The van der Waals surface area contributed by atoms with E-state index >= 15 is 4.79 Å². The molecule has 69 heavy (non-hydrogen) atoms. The van der Waals surface area contributed by atoms with Crippen molar-refractivity contribution in [2.75, 3.05) is 0 Å². The maximum absolute atomic E-state index is 15.6. The van der Waals surface area contributed by atoms with E-state index in [-0.39, 0.29) is 28.7 Å². The monoisotopic (exact) mass is 952 g/mol. The van der Waals surface area contributed by atoms with Crippen LogP contribution in [0.4, 0.5) is 0 Å². The smallest absolute Gasteiger partial charge is 0.383 e. The minimum Gasteiger partial charge on any atom is -0.453 e. The van der Waals surface area contributed by atoms with Gasteiger partial charge in [-0.05, 0) is 63.8 Å². The average Bonchev–Trinajstić information content (AvgIpc) is 3.84. The number of amides is 1. The van der Waals surface area contributed by atoms with Crippen molar-refractivity contribution in [1.29, 1.82) is 0 Å². The molecule has 1 aromatic heterocycles. The van der Waals surface area contributed by atoms with Crippen molar-refractivity contribution < 1.29 is 33.3 Å². The molecule has 1 fully saturated rings. The van der Waals surface area contributed by atoms with Gasteiger partial charge in [0.15, 0.2) is 6.10 Å². The largest absolute Gasteiger partial charge is 0.453 e. The molecule has 0 N–H and O–H groups in total. The molecular formula is C55H45N4O8PS. The summed E-state index contributed by atoms with van der Waals surface area (Å²) >= 11 is 1.55. The van der Waals surface area contributed by atoms with Crippen LogP contribution in [-0.4, -0.2) is 49.1 Å². The number of benzene rings is 7. The predicted molar refractivity (Wildman–Crippen MR) is 267 cm³/mol. The second-order valence-corrected chi connectivity index (χ2v) is 20.8. The van der Waals surface area contributed by atoms with Gasteiger partial charge >= 0.3 is 18.2 Å². The highest BCUT2D eigenvalue weighted by Crippen LogP contribution is 2.57. The lowest BCUT2D eigenvalue weighted by atomic mass is 9.84. The van der Waals surface area contributed by atoms with Gasteiger partial charge < -0.3 is 18.9 Å². The number of ether oxygens (including phenoxy) is 2.